The van der Waals surface area contributed by atoms with Gasteiger partial charge in [0, 0.05) is 10.0 Å². The van der Waals surface area contributed by atoms with Crippen LogP contribution in [0.15, 0.2) is 22.7 Å². The van der Waals surface area contributed by atoms with Gasteiger partial charge in [0.15, 0.2) is 0 Å². The molecule has 4 nitrogen and oxygen atoms in total. The number of nitrogens with zero attached hydrogens (tertiary/aromatic N) is 1. The van der Waals surface area contributed by atoms with Crippen LogP contribution < -0.4 is 5.32 Å². The highest BCUT2D eigenvalue weighted by Gasteiger charge is 2.50. The second-order valence-electron chi connectivity index (χ2n) is 4.82. The molecule has 1 saturated heterocycles. The molecule has 1 aromatic carbocycles. The van der Waals surface area contributed by atoms with Gasteiger partial charge in [0.25, 0.3) is 5.91 Å². The van der Waals surface area contributed by atoms with Crippen LogP contribution in [-0.2, 0) is 11.3 Å². The molecule has 1 fully saturated rings. The standard InChI is InChI=1S/C14H16BrFN2O2/c1-3-14(4-2)12(19)17-13(20)18(14)8-9-5-6-10(15)7-11(9)16/h5-7H,3-4,8H2,1-2H3,(H,17,19,20). The Morgan fingerprint density at radius 3 is 2.50 bits per heavy atom. The number of carbonyl (C=O) groups is 2. The van der Waals surface area contributed by atoms with Crippen LogP contribution in [0.2, 0.25) is 0 Å². The maximum absolute atomic E-state index is 13.9. The van der Waals surface area contributed by atoms with Gasteiger partial charge < -0.3 is 4.90 Å². The highest BCUT2D eigenvalue weighted by atomic mass is 79.9. The van der Waals surface area contributed by atoms with Crippen LogP contribution >= 0.6 is 15.9 Å². The van der Waals surface area contributed by atoms with E-state index in [0.29, 0.717) is 22.9 Å². The van der Waals surface area contributed by atoms with E-state index >= 15 is 0 Å². The molecule has 0 atom stereocenters. The fourth-order valence-corrected chi connectivity index (χ4v) is 2.93. The summed E-state index contributed by atoms with van der Waals surface area (Å²) in [6.07, 6.45) is 0.998. The first-order valence-electron chi connectivity index (χ1n) is 6.51. The van der Waals surface area contributed by atoms with Crippen molar-refractivity contribution in [3.05, 3.63) is 34.1 Å². The Morgan fingerprint density at radius 1 is 1.30 bits per heavy atom. The Labute approximate surface area is 125 Å². The maximum Gasteiger partial charge on any atom is 0.325 e. The topological polar surface area (TPSA) is 49.4 Å². The van der Waals surface area contributed by atoms with E-state index in [-0.39, 0.29) is 12.5 Å². The number of rotatable bonds is 4. The van der Waals surface area contributed by atoms with E-state index in [2.05, 4.69) is 21.2 Å². The van der Waals surface area contributed by atoms with Crippen molar-refractivity contribution in [1.29, 1.82) is 0 Å². The molecule has 1 N–H and O–H groups in total. The van der Waals surface area contributed by atoms with Crippen LogP contribution in [0.25, 0.3) is 0 Å². The van der Waals surface area contributed by atoms with Crippen molar-refractivity contribution in [3.8, 4) is 0 Å². The molecule has 0 unspecified atom stereocenters. The Bertz CT molecular complexity index is 558. The summed E-state index contributed by atoms with van der Waals surface area (Å²) in [5, 5.41) is 2.33. The number of carbonyl (C=O) groups excluding carboxylic acids is 2. The van der Waals surface area contributed by atoms with Crippen LogP contribution in [0, 0.1) is 5.82 Å². The zero-order valence-electron chi connectivity index (χ0n) is 11.4. The van der Waals surface area contributed by atoms with Gasteiger partial charge in [-0.15, -0.1) is 0 Å². The Morgan fingerprint density at radius 2 is 1.95 bits per heavy atom. The average Bonchev–Trinajstić information content (AvgIpc) is 2.64. The van der Waals surface area contributed by atoms with Gasteiger partial charge in [-0.3, -0.25) is 10.1 Å². The molecule has 1 heterocycles. The third-order valence-electron chi connectivity index (χ3n) is 3.92. The minimum absolute atomic E-state index is 0.0817. The van der Waals surface area contributed by atoms with Gasteiger partial charge in [-0.25, -0.2) is 9.18 Å². The fourth-order valence-electron chi connectivity index (χ4n) is 2.59. The lowest BCUT2D eigenvalue weighted by Crippen LogP contribution is -2.48. The summed E-state index contributed by atoms with van der Waals surface area (Å²) in [6, 6.07) is 4.23. The summed E-state index contributed by atoms with van der Waals surface area (Å²) in [7, 11) is 0. The van der Waals surface area contributed by atoms with Crippen LogP contribution in [0.1, 0.15) is 32.3 Å². The van der Waals surface area contributed by atoms with Crippen LogP contribution in [0.3, 0.4) is 0 Å². The summed E-state index contributed by atoms with van der Waals surface area (Å²) in [5.41, 5.74) is -0.485. The molecule has 2 rings (SSSR count). The van der Waals surface area contributed by atoms with E-state index in [9.17, 15) is 14.0 Å². The minimum Gasteiger partial charge on any atom is -0.305 e. The molecule has 1 aliphatic rings. The number of imide groups is 1. The number of amides is 3. The number of hydrogen-bond donors (Lipinski definition) is 1. The Kier molecular flexibility index (Phi) is 4.13. The van der Waals surface area contributed by atoms with Crippen LogP contribution in [0.5, 0.6) is 0 Å². The van der Waals surface area contributed by atoms with E-state index in [1.807, 2.05) is 13.8 Å². The van der Waals surface area contributed by atoms with Gasteiger partial charge in [-0.1, -0.05) is 35.8 Å². The summed E-state index contributed by atoms with van der Waals surface area (Å²) >= 11 is 3.19. The molecule has 0 aromatic heterocycles. The van der Waals surface area contributed by atoms with E-state index in [1.165, 1.54) is 11.0 Å². The molecule has 20 heavy (non-hydrogen) atoms. The summed E-state index contributed by atoms with van der Waals surface area (Å²) in [6.45, 7) is 3.79. The normalized spacial score (nSPS) is 17.5. The smallest absolute Gasteiger partial charge is 0.305 e. The van der Waals surface area contributed by atoms with Gasteiger partial charge in [0.2, 0.25) is 0 Å². The third-order valence-corrected chi connectivity index (χ3v) is 4.41. The van der Waals surface area contributed by atoms with Gasteiger partial charge >= 0.3 is 6.03 Å². The molecule has 0 bridgehead atoms. The van der Waals surface area contributed by atoms with Crippen molar-refractivity contribution >= 4 is 27.9 Å². The quantitative estimate of drug-likeness (QED) is 0.854. The third kappa shape index (κ3) is 2.32. The van der Waals surface area contributed by atoms with E-state index < -0.39 is 17.4 Å². The predicted octanol–water partition coefficient (Wildman–Crippen LogP) is 3.20. The lowest BCUT2D eigenvalue weighted by Gasteiger charge is -2.33. The zero-order valence-corrected chi connectivity index (χ0v) is 13.0. The average molecular weight is 343 g/mol. The van der Waals surface area contributed by atoms with E-state index in [4.69, 9.17) is 0 Å². The van der Waals surface area contributed by atoms with Crippen molar-refractivity contribution in [2.45, 2.75) is 38.8 Å². The molecule has 0 aliphatic carbocycles. The first kappa shape index (κ1) is 15.0. The molecule has 0 spiro atoms. The Hall–Kier alpha value is -1.43. The predicted molar refractivity (Wildman–Crippen MR) is 76.5 cm³/mol. The van der Waals surface area contributed by atoms with Crippen molar-refractivity contribution in [2.75, 3.05) is 0 Å². The summed E-state index contributed by atoms with van der Waals surface area (Å²) < 4.78 is 14.6. The summed E-state index contributed by atoms with van der Waals surface area (Å²) in [4.78, 5) is 25.4. The van der Waals surface area contributed by atoms with Crippen molar-refractivity contribution in [1.82, 2.24) is 10.2 Å². The van der Waals surface area contributed by atoms with Crippen molar-refractivity contribution in [3.63, 3.8) is 0 Å². The minimum atomic E-state index is -0.878. The van der Waals surface area contributed by atoms with E-state index in [0.717, 1.165) is 0 Å². The number of halogens is 2. The lowest BCUT2D eigenvalue weighted by molar-refractivity contribution is -0.127. The molecule has 0 radical (unpaired) electrons. The molecule has 108 valence electrons. The second kappa shape index (κ2) is 5.52. The zero-order chi connectivity index (χ0) is 14.9. The molecule has 0 saturated carbocycles. The van der Waals surface area contributed by atoms with Crippen molar-refractivity contribution < 1.29 is 14.0 Å². The highest BCUT2D eigenvalue weighted by Crippen LogP contribution is 2.31. The van der Waals surface area contributed by atoms with Crippen LogP contribution in [-0.4, -0.2) is 22.4 Å². The number of hydrogen-bond acceptors (Lipinski definition) is 2. The number of urea groups is 1. The van der Waals surface area contributed by atoms with Gasteiger partial charge in [-0.2, -0.15) is 0 Å². The van der Waals surface area contributed by atoms with Crippen molar-refractivity contribution in [2.24, 2.45) is 0 Å². The highest BCUT2D eigenvalue weighted by molar-refractivity contribution is 9.10. The number of benzene rings is 1. The first-order valence-corrected chi connectivity index (χ1v) is 7.31. The van der Waals surface area contributed by atoms with Gasteiger partial charge in [0.1, 0.15) is 11.4 Å². The van der Waals surface area contributed by atoms with Crippen LogP contribution in [0.4, 0.5) is 9.18 Å². The van der Waals surface area contributed by atoms with Gasteiger partial charge in [0.05, 0.1) is 6.54 Å². The lowest BCUT2D eigenvalue weighted by atomic mass is 9.91. The molecular weight excluding hydrogens is 327 g/mol. The second-order valence-corrected chi connectivity index (χ2v) is 5.74. The first-order chi connectivity index (χ1) is 9.44. The monoisotopic (exact) mass is 342 g/mol. The fraction of sp³-hybridized carbons (Fsp3) is 0.429. The molecular formula is C14H16BrFN2O2. The molecule has 1 aliphatic heterocycles. The number of nitrogens with one attached hydrogen (secondary N) is 1. The molecule has 3 amide bonds. The largest absolute Gasteiger partial charge is 0.325 e. The Balaban J connectivity index is 2.35. The summed E-state index contributed by atoms with van der Waals surface area (Å²) in [5.74, 6) is -0.697. The van der Waals surface area contributed by atoms with E-state index in [1.54, 1.807) is 12.1 Å². The maximum atomic E-state index is 13.9. The molecule has 1 aromatic rings. The SMILES string of the molecule is CCC1(CC)C(=O)NC(=O)N1Cc1ccc(Br)cc1F. The van der Waals surface area contributed by atoms with Gasteiger partial charge in [-0.05, 0) is 25.0 Å². The molecule has 6 heteroatoms.